The van der Waals surface area contributed by atoms with Gasteiger partial charge in [-0.25, -0.2) is 0 Å². The van der Waals surface area contributed by atoms with E-state index in [2.05, 4.69) is 10.6 Å². The number of benzene rings is 1. The van der Waals surface area contributed by atoms with Crippen molar-refractivity contribution in [2.45, 2.75) is 51.0 Å². The van der Waals surface area contributed by atoms with Gasteiger partial charge in [0.2, 0.25) is 0 Å². The second kappa shape index (κ2) is 7.77. The Kier molecular flexibility index (Phi) is 5.75. The molecule has 2 rings (SSSR count). The average Bonchev–Trinajstić information content (AvgIpc) is 2.49. The van der Waals surface area contributed by atoms with E-state index >= 15 is 0 Å². The number of non-ortho nitro benzene ring substituents is 1. The number of hydrogen-bond acceptors (Lipinski definition) is 4. The number of nitrogens with one attached hydrogen (secondary N) is 2. The summed E-state index contributed by atoms with van der Waals surface area (Å²) in [6.07, 6.45) is 7.91. The van der Waals surface area contributed by atoms with Crippen molar-refractivity contribution in [1.29, 1.82) is 0 Å². The molecule has 1 amide bonds. The molecule has 120 valence electrons. The van der Waals surface area contributed by atoms with Crippen molar-refractivity contribution in [1.82, 2.24) is 5.32 Å². The lowest BCUT2D eigenvalue weighted by Crippen LogP contribution is -2.35. The highest BCUT2D eigenvalue weighted by atomic mass is 16.6. The summed E-state index contributed by atoms with van der Waals surface area (Å²) in [5.74, 6) is -0.237. The highest BCUT2D eigenvalue weighted by molar-refractivity contribution is 6.00. The van der Waals surface area contributed by atoms with Crippen LogP contribution in [-0.4, -0.2) is 23.9 Å². The van der Waals surface area contributed by atoms with Gasteiger partial charge in [-0.05, 0) is 18.9 Å². The number of amides is 1. The van der Waals surface area contributed by atoms with E-state index < -0.39 is 4.92 Å². The van der Waals surface area contributed by atoms with Crippen molar-refractivity contribution in [2.75, 3.05) is 12.4 Å². The Bertz CT molecular complexity index is 537. The SMILES string of the molecule is CNc1ccc([N+](=O)[O-])cc1C(=O)NC1CCCCCCC1. The summed E-state index contributed by atoms with van der Waals surface area (Å²) < 4.78 is 0. The molecule has 0 unspecified atom stereocenters. The molecule has 1 aromatic carbocycles. The molecule has 1 saturated carbocycles. The van der Waals surface area contributed by atoms with Crippen LogP contribution in [0.2, 0.25) is 0 Å². The average molecular weight is 305 g/mol. The molecule has 2 N–H and O–H groups in total. The van der Waals surface area contributed by atoms with Crippen molar-refractivity contribution in [2.24, 2.45) is 0 Å². The molecule has 1 aliphatic rings. The minimum atomic E-state index is -0.480. The largest absolute Gasteiger partial charge is 0.387 e. The molecule has 0 radical (unpaired) electrons. The molecule has 0 aliphatic heterocycles. The Morgan fingerprint density at radius 3 is 2.41 bits per heavy atom. The van der Waals surface area contributed by atoms with Gasteiger partial charge in [-0.3, -0.25) is 14.9 Å². The van der Waals surface area contributed by atoms with Gasteiger partial charge < -0.3 is 10.6 Å². The van der Waals surface area contributed by atoms with Crippen molar-refractivity contribution in [3.05, 3.63) is 33.9 Å². The standard InChI is InChI=1S/C16H23N3O3/c1-17-15-10-9-13(19(21)22)11-14(15)16(20)18-12-7-5-3-2-4-6-8-12/h9-12,17H,2-8H2,1H3,(H,18,20). The zero-order valence-corrected chi connectivity index (χ0v) is 12.9. The molecule has 1 fully saturated rings. The summed E-state index contributed by atoms with van der Waals surface area (Å²) in [6, 6.07) is 4.48. The fourth-order valence-electron chi connectivity index (χ4n) is 2.92. The monoisotopic (exact) mass is 305 g/mol. The summed E-state index contributed by atoms with van der Waals surface area (Å²) in [4.78, 5) is 22.9. The van der Waals surface area contributed by atoms with Gasteiger partial charge in [-0.15, -0.1) is 0 Å². The third-order valence-corrected chi connectivity index (χ3v) is 4.17. The Balaban J connectivity index is 2.13. The summed E-state index contributed by atoms with van der Waals surface area (Å²) in [5, 5.41) is 16.9. The Hall–Kier alpha value is -2.11. The molecule has 0 spiro atoms. The number of anilines is 1. The lowest BCUT2D eigenvalue weighted by molar-refractivity contribution is -0.384. The van der Waals surface area contributed by atoms with Gasteiger partial charge in [0.1, 0.15) is 0 Å². The van der Waals surface area contributed by atoms with Crippen molar-refractivity contribution < 1.29 is 9.72 Å². The van der Waals surface area contributed by atoms with Crippen molar-refractivity contribution in [3.63, 3.8) is 0 Å². The number of nitro benzene ring substituents is 1. The van der Waals surface area contributed by atoms with E-state index in [1.165, 1.54) is 31.4 Å². The van der Waals surface area contributed by atoms with Gasteiger partial charge in [0, 0.05) is 30.9 Å². The molecular formula is C16H23N3O3. The van der Waals surface area contributed by atoms with Crippen LogP contribution in [0.3, 0.4) is 0 Å². The van der Waals surface area contributed by atoms with Crippen LogP contribution >= 0.6 is 0 Å². The van der Waals surface area contributed by atoms with Crippen LogP contribution in [-0.2, 0) is 0 Å². The zero-order chi connectivity index (χ0) is 15.9. The Labute approximate surface area is 130 Å². The second-order valence-corrected chi connectivity index (χ2v) is 5.75. The Morgan fingerprint density at radius 1 is 1.18 bits per heavy atom. The predicted molar refractivity (Wildman–Crippen MR) is 86.2 cm³/mol. The van der Waals surface area contributed by atoms with Gasteiger partial charge in [0.25, 0.3) is 11.6 Å². The number of carbonyl (C=O) groups excluding carboxylic acids is 1. The number of hydrogen-bond donors (Lipinski definition) is 2. The highest BCUT2D eigenvalue weighted by Gasteiger charge is 2.19. The smallest absolute Gasteiger partial charge is 0.270 e. The minimum absolute atomic E-state index is 0.0678. The normalized spacial score (nSPS) is 16.4. The molecular weight excluding hydrogens is 282 g/mol. The van der Waals surface area contributed by atoms with E-state index in [9.17, 15) is 14.9 Å². The quantitative estimate of drug-likeness (QED) is 0.659. The van der Waals surface area contributed by atoms with Gasteiger partial charge in [0.15, 0.2) is 0 Å². The highest BCUT2D eigenvalue weighted by Crippen LogP contribution is 2.23. The fourth-order valence-corrected chi connectivity index (χ4v) is 2.92. The van der Waals surface area contributed by atoms with Crippen LogP contribution in [0.1, 0.15) is 55.3 Å². The maximum absolute atomic E-state index is 12.5. The lowest BCUT2D eigenvalue weighted by Gasteiger charge is -2.21. The topological polar surface area (TPSA) is 84.3 Å². The molecule has 0 heterocycles. The van der Waals surface area contributed by atoms with E-state index in [0.29, 0.717) is 11.3 Å². The maximum atomic E-state index is 12.5. The molecule has 0 bridgehead atoms. The van der Waals surface area contributed by atoms with E-state index in [1.807, 2.05) is 0 Å². The van der Waals surface area contributed by atoms with Crippen molar-refractivity contribution >= 4 is 17.3 Å². The first-order valence-corrected chi connectivity index (χ1v) is 7.89. The second-order valence-electron chi connectivity index (χ2n) is 5.75. The first kappa shape index (κ1) is 16.3. The van der Waals surface area contributed by atoms with Crippen LogP contribution < -0.4 is 10.6 Å². The third-order valence-electron chi connectivity index (χ3n) is 4.17. The lowest BCUT2D eigenvalue weighted by atomic mass is 9.96. The van der Waals surface area contributed by atoms with Gasteiger partial charge in [-0.2, -0.15) is 0 Å². The van der Waals surface area contributed by atoms with Gasteiger partial charge >= 0.3 is 0 Å². The molecule has 22 heavy (non-hydrogen) atoms. The van der Waals surface area contributed by atoms with Crippen LogP contribution in [0.25, 0.3) is 0 Å². The molecule has 0 atom stereocenters. The molecule has 1 aromatic rings. The van der Waals surface area contributed by atoms with Gasteiger partial charge in [-0.1, -0.05) is 32.1 Å². The summed E-state index contributed by atoms with van der Waals surface area (Å²) in [5.41, 5.74) is 0.870. The number of rotatable bonds is 4. The molecule has 1 aliphatic carbocycles. The third kappa shape index (κ3) is 4.19. The van der Waals surface area contributed by atoms with Crippen molar-refractivity contribution in [3.8, 4) is 0 Å². The van der Waals surface area contributed by atoms with Crippen LogP contribution in [0.5, 0.6) is 0 Å². The van der Waals surface area contributed by atoms with Crippen LogP contribution in [0, 0.1) is 10.1 Å². The summed E-state index contributed by atoms with van der Waals surface area (Å²) in [6.45, 7) is 0. The minimum Gasteiger partial charge on any atom is -0.387 e. The van der Waals surface area contributed by atoms with Gasteiger partial charge in [0.05, 0.1) is 10.5 Å². The van der Waals surface area contributed by atoms with E-state index in [0.717, 1.165) is 25.7 Å². The Morgan fingerprint density at radius 2 is 1.82 bits per heavy atom. The fraction of sp³-hybridized carbons (Fsp3) is 0.562. The van der Waals surface area contributed by atoms with E-state index in [4.69, 9.17) is 0 Å². The maximum Gasteiger partial charge on any atom is 0.270 e. The number of nitrogens with zero attached hydrogens (tertiary/aromatic N) is 1. The zero-order valence-electron chi connectivity index (χ0n) is 12.9. The first-order chi connectivity index (χ1) is 10.6. The summed E-state index contributed by atoms with van der Waals surface area (Å²) >= 11 is 0. The number of carbonyl (C=O) groups is 1. The molecule has 0 saturated heterocycles. The van der Waals surface area contributed by atoms with Crippen LogP contribution in [0.4, 0.5) is 11.4 Å². The van der Waals surface area contributed by atoms with E-state index in [1.54, 1.807) is 13.1 Å². The first-order valence-electron chi connectivity index (χ1n) is 7.89. The van der Waals surface area contributed by atoms with E-state index in [-0.39, 0.29) is 17.6 Å². The van der Waals surface area contributed by atoms with Crippen LogP contribution in [0.15, 0.2) is 18.2 Å². The summed E-state index contributed by atoms with van der Waals surface area (Å²) in [7, 11) is 1.70. The molecule has 6 nitrogen and oxygen atoms in total. The predicted octanol–water partition coefficient (Wildman–Crippen LogP) is 3.48. The molecule has 0 aromatic heterocycles. The number of nitro groups is 1. The molecule has 6 heteroatoms.